The van der Waals surface area contributed by atoms with Crippen molar-refractivity contribution in [3.05, 3.63) is 71.4 Å². The van der Waals surface area contributed by atoms with E-state index in [-0.39, 0.29) is 0 Å². The molecule has 0 unspecified atom stereocenters. The molecular formula is C17H19N3O. The van der Waals surface area contributed by atoms with Gasteiger partial charge in [-0.15, -0.1) is 0 Å². The van der Waals surface area contributed by atoms with Crippen LogP contribution < -0.4 is 5.32 Å². The van der Waals surface area contributed by atoms with Crippen LogP contribution in [0.15, 0.2) is 53.3 Å². The third-order valence-corrected chi connectivity index (χ3v) is 3.65. The van der Waals surface area contributed by atoms with Crippen LogP contribution >= 0.6 is 0 Å². The van der Waals surface area contributed by atoms with Gasteiger partial charge in [-0.1, -0.05) is 18.2 Å². The number of nitrogens with zero attached hydrogens (tertiary/aromatic N) is 2. The molecule has 0 amide bonds. The molecule has 0 atom stereocenters. The van der Waals surface area contributed by atoms with Gasteiger partial charge in [-0.2, -0.15) is 5.10 Å². The Morgan fingerprint density at radius 2 is 1.90 bits per heavy atom. The van der Waals surface area contributed by atoms with Crippen LogP contribution in [0.4, 0.5) is 0 Å². The first-order valence-electron chi connectivity index (χ1n) is 7.08. The molecule has 0 bridgehead atoms. The molecule has 0 spiro atoms. The van der Waals surface area contributed by atoms with E-state index in [1.807, 2.05) is 28.9 Å². The van der Waals surface area contributed by atoms with E-state index in [9.17, 15) is 0 Å². The summed E-state index contributed by atoms with van der Waals surface area (Å²) in [5.74, 6) is 0. The number of para-hydroxylation sites is 1. The van der Waals surface area contributed by atoms with Crippen molar-refractivity contribution in [1.29, 1.82) is 0 Å². The van der Waals surface area contributed by atoms with Crippen molar-refractivity contribution in [2.24, 2.45) is 0 Å². The van der Waals surface area contributed by atoms with Gasteiger partial charge in [-0.25, -0.2) is 4.68 Å². The van der Waals surface area contributed by atoms with Crippen LogP contribution in [-0.2, 0) is 13.1 Å². The van der Waals surface area contributed by atoms with Crippen LogP contribution in [0.3, 0.4) is 0 Å². The van der Waals surface area contributed by atoms with Gasteiger partial charge in [-0.3, -0.25) is 0 Å². The average molecular weight is 281 g/mol. The summed E-state index contributed by atoms with van der Waals surface area (Å²) in [5, 5.41) is 8.09. The van der Waals surface area contributed by atoms with Crippen molar-refractivity contribution in [1.82, 2.24) is 15.1 Å². The summed E-state index contributed by atoms with van der Waals surface area (Å²) in [6.07, 6.45) is 3.46. The van der Waals surface area contributed by atoms with Crippen molar-refractivity contribution in [3.63, 3.8) is 0 Å². The Bertz CT molecular complexity index is 699. The van der Waals surface area contributed by atoms with Gasteiger partial charge >= 0.3 is 0 Å². The highest BCUT2D eigenvalue weighted by Crippen LogP contribution is 2.17. The molecule has 0 aliphatic carbocycles. The molecule has 108 valence electrons. The lowest BCUT2D eigenvalue weighted by atomic mass is 10.2. The van der Waals surface area contributed by atoms with Gasteiger partial charge in [0.25, 0.3) is 0 Å². The Morgan fingerprint density at radius 3 is 2.62 bits per heavy atom. The first-order valence-corrected chi connectivity index (χ1v) is 7.08. The fraction of sp³-hybridized carbons (Fsp3) is 0.235. The van der Waals surface area contributed by atoms with Crippen LogP contribution in [-0.4, -0.2) is 9.78 Å². The summed E-state index contributed by atoms with van der Waals surface area (Å²) >= 11 is 0. The second-order valence-corrected chi connectivity index (χ2v) is 5.13. The molecule has 0 fully saturated rings. The van der Waals surface area contributed by atoms with E-state index in [2.05, 4.69) is 36.4 Å². The second-order valence-electron chi connectivity index (χ2n) is 5.13. The Balaban J connectivity index is 1.75. The van der Waals surface area contributed by atoms with Crippen LogP contribution in [0.1, 0.15) is 22.5 Å². The number of benzene rings is 1. The molecule has 4 heteroatoms. The zero-order chi connectivity index (χ0) is 14.7. The molecule has 3 aromatic rings. The molecule has 0 aliphatic rings. The van der Waals surface area contributed by atoms with E-state index in [1.54, 1.807) is 12.5 Å². The number of rotatable bonds is 5. The van der Waals surface area contributed by atoms with E-state index in [0.29, 0.717) is 0 Å². The average Bonchev–Trinajstić information content (AvgIpc) is 3.11. The van der Waals surface area contributed by atoms with Crippen molar-refractivity contribution < 1.29 is 4.42 Å². The van der Waals surface area contributed by atoms with E-state index in [4.69, 9.17) is 4.42 Å². The Kier molecular flexibility index (Phi) is 3.88. The number of hydrogen-bond donors (Lipinski definition) is 1. The molecule has 1 N–H and O–H groups in total. The highest BCUT2D eigenvalue weighted by molar-refractivity contribution is 5.36. The van der Waals surface area contributed by atoms with Crippen molar-refractivity contribution in [2.75, 3.05) is 0 Å². The Morgan fingerprint density at radius 1 is 1.10 bits per heavy atom. The summed E-state index contributed by atoms with van der Waals surface area (Å²) < 4.78 is 7.07. The Hall–Kier alpha value is -2.33. The molecule has 3 rings (SSSR count). The normalized spacial score (nSPS) is 11.0. The summed E-state index contributed by atoms with van der Waals surface area (Å²) in [5.41, 5.74) is 5.75. The second kappa shape index (κ2) is 5.97. The highest BCUT2D eigenvalue weighted by atomic mass is 16.3. The van der Waals surface area contributed by atoms with Gasteiger partial charge in [0.15, 0.2) is 0 Å². The van der Waals surface area contributed by atoms with Gasteiger partial charge in [0.05, 0.1) is 23.9 Å². The zero-order valence-corrected chi connectivity index (χ0v) is 12.3. The maximum Gasteiger partial charge on any atom is 0.0947 e. The maximum atomic E-state index is 5.07. The topological polar surface area (TPSA) is 43.0 Å². The lowest BCUT2D eigenvalue weighted by molar-refractivity contribution is 0.560. The van der Waals surface area contributed by atoms with Crippen molar-refractivity contribution in [2.45, 2.75) is 26.9 Å². The van der Waals surface area contributed by atoms with E-state index in [0.717, 1.165) is 30.0 Å². The maximum absolute atomic E-state index is 5.07. The lowest BCUT2D eigenvalue weighted by Crippen LogP contribution is -2.13. The monoisotopic (exact) mass is 281 g/mol. The number of aryl methyl sites for hydroxylation is 1. The first kappa shape index (κ1) is 13.6. The number of nitrogens with one attached hydrogen (secondary N) is 1. The minimum atomic E-state index is 0.798. The van der Waals surface area contributed by atoms with E-state index in [1.165, 1.54) is 11.3 Å². The van der Waals surface area contributed by atoms with Crippen LogP contribution in [0.5, 0.6) is 0 Å². The minimum Gasteiger partial charge on any atom is -0.472 e. The lowest BCUT2D eigenvalue weighted by Gasteiger charge is -2.06. The fourth-order valence-corrected chi connectivity index (χ4v) is 2.48. The van der Waals surface area contributed by atoms with Gasteiger partial charge in [0.2, 0.25) is 0 Å². The van der Waals surface area contributed by atoms with Crippen molar-refractivity contribution >= 4 is 0 Å². The molecule has 0 aliphatic heterocycles. The molecule has 21 heavy (non-hydrogen) atoms. The van der Waals surface area contributed by atoms with Gasteiger partial charge in [0, 0.05) is 29.9 Å². The molecule has 0 saturated heterocycles. The summed E-state index contributed by atoms with van der Waals surface area (Å²) in [4.78, 5) is 0. The third-order valence-electron chi connectivity index (χ3n) is 3.65. The fourth-order valence-electron chi connectivity index (χ4n) is 2.48. The standard InChI is InChI=1S/C17H19N3O/c1-13-17(11-18-10-15-8-9-21-12-15)14(2)20(19-13)16-6-4-3-5-7-16/h3-9,12,18H,10-11H2,1-2H3. The molecule has 0 saturated carbocycles. The number of hydrogen-bond acceptors (Lipinski definition) is 3. The van der Waals surface area contributed by atoms with E-state index >= 15 is 0 Å². The van der Waals surface area contributed by atoms with Gasteiger partial charge in [-0.05, 0) is 32.0 Å². The highest BCUT2D eigenvalue weighted by Gasteiger charge is 2.12. The van der Waals surface area contributed by atoms with Crippen LogP contribution in [0.25, 0.3) is 5.69 Å². The number of furan rings is 1. The minimum absolute atomic E-state index is 0.798. The molecule has 2 heterocycles. The van der Waals surface area contributed by atoms with Gasteiger partial charge in [0.1, 0.15) is 0 Å². The molecule has 4 nitrogen and oxygen atoms in total. The zero-order valence-electron chi connectivity index (χ0n) is 12.3. The Labute approximate surface area is 124 Å². The molecule has 2 aromatic heterocycles. The molecular weight excluding hydrogens is 262 g/mol. The predicted molar refractivity (Wildman–Crippen MR) is 82.3 cm³/mol. The van der Waals surface area contributed by atoms with Crippen LogP contribution in [0.2, 0.25) is 0 Å². The largest absolute Gasteiger partial charge is 0.472 e. The number of aromatic nitrogens is 2. The summed E-state index contributed by atoms with van der Waals surface area (Å²) in [6.45, 7) is 5.77. The summed E-state index contributed by atoms with van der Waals surface area (Å²) in [6, 6.07) is 12.2. The molecule has 0 radical (unpaired) electrons. The SMILES string of the molecule is Cc1nn(-c2ccccc2)c(C)c1CNCc1ccoc1. The third kappa shape index (κ3) is 2.90. The smallest absolute Gasteiger partial charge is 0.0947 e. The predicted octanol–water partition coefficient (Wildman–Crippen LogP) is 3.37. The first-order chi connectivity index (χ1) is 10.3. The van der Waals surface area contributed by atoms with Gasteiger partial charge < -0.3 is 9.73 Å². The molecule has 1 aromatic carbocycles. The van der Waals surface area contributed by atoms with Crippen molar-refractivity contribution in [3.8, 4) is 5.69 Å². The van der Waals surface area contributed by atoms with Crippen LogP contribution in [0, 0.1) is 13.8 Å². The van der Waals surface area contributed by atoms with E-state index < -0.39 is 0 Å². The quantitative estimate of drug-likeness (QED) is 0.779. The summed E-state index contributed by atoms with van der Waals surface area (Å²) in [7, 11) is 0.